The normalized spacial score (nSPS) is 10.2. The lowest BCUT2D eigenvalue weighted by Gasteiger charge is -2.13. The predicted octanol–water partition coefficient (Wildman–Crippen LogP) is 5.40. The van der Waals surface area contributed by atoms with E-state index in [2.05, 4.69) is 5.32 Å². The lowest BCUT2D eigenvalue weighted by Crippen LogP contribution is -2.14. The Kier molecular flexibility index (Phi) is 5.84. The third-order valence-corrected chi connectivity index (χ3v) is 4.07. The molecular weight excluding hydrogens is 366 g/mol. The largest absolute Gasteiger partial charge is 0.496 e. The molecule has 1 N–H and O–H groups in total. The molecule has 0 spiro atoms. The third kappa shape index (κ3) is 4.51. The fourth-order valence-electron chi connectivity index (χ4n) is 2.51. The first-order valence-corrected chi connectivity index (χ1v) is 8.54. The van der Waals surface area contributed by atoms with E-state index in [0.29, 0.717) is 39.3 Å². The first-order chi connectivity index (χ1) is 13.1. The van der Waals surface area contributed by atoms with Crippen LogP contribution in [0.1, 0.15) is 10.4 Å². The highest BCUT2D eigenvalue weighted by molar-refractivity contribution is 6.30. The highest BCUT2D eigenvalue weighted by atomic mass is 35.5. The zero-order chi connectivity index (χ0) is 19.2. The van der Waals surface area contributed by atoms with Gasteiger partial charge in [0.25, 0.3) is 5.91 Å². The van der Waals surface area contributed by atoms with Crippen molar-refractivity contribution in [3.05, 3.63) is 77.3 Å². The number of rotatable bonds is 6. The molecule has 3 aromatic carbocycles. The number of carbonyl (C=O) groups is 1. The molecule has 0 radical (unpaired) electrons. The van der Waals surface area contributed by atoms with Gasteiger partial charge in [0, 0.05) is 10.7 Å². The summed E-state index contributed by atoms with van der Waals surface area (Å²) in [7, 11) is 3.02. The molecule has 1 amide bonds. The summed E-state index contributed by atoms with van der Waals surface area (Å²) >= 11 is 5.86. The number of ether oxygens (including phenoxy) is 3. The van der Waals surface area contributed by atoms with Crippen LogP contribution >= 0.6 is 11.6 Å². The smallest absolute Gasteiger partial charge is 0.263 e. The monoisotopic (exact) mass is 383 g/mol. The minimum absolute atomic E-state index is 0.323. The highest BCUT2D eigenvalue weighted by Crippen LogP contribution is 2.30. The second-order valence-corrected chi connectivity index (χ2v) is 6.01. The average Bonchev–Trinajstić information content (AvgIpc) is 2.70. The summed E-state index contributed by atoms with van der Waals surface area (Å²) in [6.07, 6.45) is 0. The van der Waals surface area contributed by atoms with E-state index in [4.69, 9.17) is 25.8 Å². The van der Waals surface area contributed by atoms with Gasteiger partial charge >= 0.3 is 0 Å². The van der Waals surface area contributed by atoms with Crippen LogP contribution in [-0.4, -0.2) is 20.1 Å². The number of hydrogen-bond donors (Lipinski definition) is 1. The van der Waals surface area contributed by atoms with E-state index >= 15 is 0 Å². The van der Waals surface area contributed by atoms with E-state index in [1.165, 1.54) is 14.2 Å². The van der Waals surface area contributed by atoms with Gasteiger partial charge in [-0.1, -0.05) is 17.7 Å². The summed E-state index contributed by atoms with van der Waals surface area (Å²) in [5.74, 6) is 1.87. The van der Waals surface area contributed by atoms with Crippen LogP contribution < -0.4 is 19.5 Å². The Labute approximate surface area is 162 Å². The summed E-state index contributed by atoms with van der Waals surface area (Å²) in [5.41, 5.74) is 0.959. The Morgan fingerprint density at radius 3 is 1.85 bits per heavy atom. The average molecular weight is 384 g/mol. The molecule has 0 fully saturated rings. The predicted molar refractivity (Wildman–Crippen MR) is 105 cm³/mol. The fourth-order valence-corrected chi connectivity index (χ4v) is 2.64. The van der Waals surface area contributed by atoms with Crippen molar-refractivity contribution in [3.8, 4) is 23.0 Å². The number of halogens is 1. The first kappa shape index (κ1) is 18.6. The topological polar surface area (TPSA) is 56.8 Å². The van der Waals surface area contributed by atoms with Crippen LogP contribution in [0.25, 0.3) is 0 Å². The number of benzene rings is 3. The maximum atomic E-state index is 12.7. The van der Waals surface area contributed by atoms with Crippen LogP contribution in [0.15, 0.2) is 66.7 Å². The standard InChI is InChI=1S/C21H18ClNO4/c1-25-18-4-3-5-19(26-2)20(18)21(24)23-15-8-12-17(13-9-15)27-16-10-6-14(22)7-11-16/h3-13H,1-2H3,(H,23,24). The molecule has 0 aliphatic carbocycles. The van der Waals surface area contributed by atoms with Gasteiger partial charge in [-0.15, -0.1) is 0 Å². The van der Waals surface area contributed by atoms with E-state index < -0.39 is 0 Å². The third-order valence-electron chi connectivity index (χ3n) is 3.82. The van der Waals surface area contributed by atoms with Gasteiger partial charge in [0.1, 0.15) is 28.6 Å². The maximum absolute atomic E-state index is 12.7. The van der Waals surface area contributed by atoms with E-state index in [9.17, 15) is 4.79 Å². The maximum Gasteiger partial charge on any atom is 0.263 e. The van der Waals surface area contributed by atoms with Crippen LogP contribution in [0, 0.1) is 0 Å². The molecule has 3 aromatic rings. The zero-order valence-electron chi connectivity index (χ0n) is 14.9. The van der Waals surface area contributed by atoms with Gasteiger partial charge < -0.3 is 19.5 Å². The second kappa shape index (κ2) is 8.47. The van der Waals surface area contributed by atoms with Crippen molar-refractivity contribution in [1.29, 1.82) is 0 Å². The quantitative estimate of drug-likeness (QED) is 0.619. The Morgan fingerprint density at radius 1 is 0.815 bits per heavy atom. The lowest BCUT2D eigenvalue weighted by atomic mass is 10.1. The summed E-state index contributed by atoms with van der Waals surface area (Å²) in [4.78, 5) is 12.7. The minimum atomic E-state index is -0.323. The van der Waals surface area contributed by atoms with Crippen molar-refractivity contribution in [2.24, 2.45) is 0 Å². The highest BCUT2D eigenvalue weighted by Gasteiger charge is 2.18. The molecule has 0 bridgehead atoms. The van der Waals surface area contributed by atoms with Crippen molar-refractivity contribution in [1.82, 2.24) is 0 Å². The number of methoxy groups -OCH3 is 2. The Morgan fingerprint density at radius 2 is 1.33 bits per heavy atom. The molecule has 138 valence electrons. The Balaban J connectivity index is 1.73. The number of amides is 1. The molecule has 0 heterocycles. The van der Waals surface area contributed by atoms with Gasteiger partial charge in [0.15, 0.2) is 0 Å². The first-order valence-electron chi connectivity index (χ1n) is 8.16. The van der Waals surface area contributed by atoms with Gasteiger partial charge in [0.2, 0.25) is 0 Å². The minimum Gasteiger partial charge on any atom is -0.496 e. The van der Waals surface area contributed by atoms with Crippen LogP contribution in [-0.2, 0) is 0 Å². The Hall–Kier alpha value is -3.18. The molecule has 6 heteroatoms. The van der Waals surface area contributed by atoms with Gasteiger partial charge in [-0.05, 0) is 60.7 Å². The summed E-state index contributed by atoms with van der Waals surface area (Å²) in [5, 5.41) is 3.48. The molecule has 0 aliphatic heterocycles. The molecule has 3 rings (SSSR count). The van der Waals surface area contributed by atoms with Gasteiger partial charge in [-0.3, -0.25) is 4.79 Å². The van der Waals surface area contributed by atoms with E-state index in [0.717, 1.165) is 0 Å². The molecule has 27 heavy (non-hydrogen) atoms. The molecule has 0 unspecified atom stereocenters. The van der Waals surface area contributed by atoms with Crippen LogP contribution in [0.4, 0.5) is 5.69 Å². The summed E-state index contributed by atoms with van der Waals surface area (Å²) < 4.78 is 16.3. The van der Waals surface area contributed by atoms with Gasteiger partial charge in [-0.25, -0.2) is 0 Å². The molecule has 0 atom stereocenters. The number of anilines is 1. The molecule has 0 aromatic heterocycles. The number of hydrogen-bond acceptors (Lipinski definition) is 4. The summed E-state index contributed by atoms with van der Waals surface area (Å²) in [6, 6.07) is 19.3. The van der Waals surface area contributed by atoms with Crippen molar-refractivity contribution in [2.75, 3.05) is 19.5 Å². The molecule has 0 saturated carbocycles. The summed E-state index contributed by atoms with van der Waals surface area (Å²) in [6.45, 7) is 0. The lowest BCUT2D eigenvalue weighted by molar-refractivity contribution is 0.102. The van der Waals surface area contributed by atoms with E-state index in [-0.39, 0.29) is 5.91 Å². The SMILES string of the molecule is COc1cccc(OC)c1C(=O)Nc1ccc(Oc2ccc(Cl)cc2)cc1. The van der Waals surface area contributed by atoms with Gasteiger partial charge in [-0.2, -0.15) is 0 Å². The van der Waals surface area contributed by atoms with Gasteiger partial charge in [0.05, 0.1) is 14.2 Å². The van der Waals surface area contributed by atoms with Crippen LogP contribution in [0.5, 0.6) is 23.0 Å². The van der Waals surface area contributed by atoms with Crippen LogP contribution in [0.2, 0.25) is 5.02 Å². The van der Waals surface area contributed by atoms with E-state index in [1.54, 1.807) is 66.7 Å². The molecule has 0 aliphatic rings. The van der Waals surface area contributed by atoms with Crippen LogP contribution in [0.3, 0.4) is 0 Å². The van der Waals surface area contributed by atoms with Crippen molar-refractivity contribution < 1.29 is 19.0 Å². The zero-order valence-corrected chi connectivity index (χ0v) is 15.6. The number of nitrogens with one attached hydrogen (secondary N) is 1. The fraction of sp³-hybridized carbons (Fsp3) is 0.0952. The van der Waals surface area contributed by atoms with Crippen molar-refractivity contribution in [3.63, 3.8) is 0 Å². The number of carbonyl (C=O) groups excluding carboxylic acids is 1. The second-order valence-electron chi connectivity index (χ2n) is 5.57. The molecule has 5 nitrogen and oxygen atoms in total. The van der Waals surface area contributed by atoms with E-state index in [1.807, 2.05) is 0 Å². The Bertz CT molecular complexity index is 902. The molecule has 0 saturated heterocycles. The van der Waals surface area contributed by atoms with Crippen molar-refractivity contribution >= 4 is 23.2 Å². The molecular formula is C21H18ClNO4. The van der Waals surface area contributed by atoms with Crippen molar-refractivity contribution in [2.45, 2.75) is 0 Å².